The molecule has 2 aromatic rings. The molecule has 2 aromatic heterocycles. The maximum absolute atomic E-state index is 10.4. The summed E-state index contributed by atoms with van der Waals surface area (Å²) in [5.74, 6) is 0. The Morgan fingerprint density at radius 1 is 1.45 bits per heavy atom. The van der Waals surface area contributed by atoms with Crippen molar-refractivity contribution >= 4 is 22.8 Å². The molecule has 1 aliphatic rings. The van der Waals surface area contributed by atoms with Crippen molar-refractivity contribution < 1.29 is 20.1 Å². The van der Waals surface area contributed by atoms with Gasteiger partial charge >= 0.3 is 0 Å². The Morgan fingerprint density at radius 2 is 2.20 bits per heavy atom. The zero-order valence-electron chi connectivity index (χ0n) is 10.5. The van der Waals surface area contributed by atoms with E-state index in [2.05, 4.69) is 15.0 Å². The van der Waals surface area contributed by atoms with Gasteiger partial charge in [-0.05, 0) is 6.92 Å². The smallest absolute Gasteiger partial charge is 0.168 e. The van der Waals surface area contributed by atoms with Crippen molar-refractivity contribution in [3.05, 3.63) is 17.8 Å². The van der Waals surface area contributed by atoms with Crippen LogP contribution in [0.15, 0.2) is 12.7 Å². The first-order chi connectivity index (χ1) is 9.46. The van der Waals surface area contributed by atoms with Crippen molar-refractivity contribution in [1.82, 2.24) is 19.5 Å². The van der Waals surface area contributed by atoms with Crippen molar-refractivity contribution in [2.24, 2.45) is 0 Å². The summed E-state index contributed by atoms with van der Waals surface area (Å²) in [5, 5.41) is 29.8. The molecule has 0 aromatic carbocycles. The zero-order chi connectivity index (χ0) is 14.5. The third kappa shape index (κ3) is 1.80. The summed E-state index contributed by atoms with van der Waals surface area (Å²) in [5.41, 5.74) is -0.852. The number of imidazole rings is 1. The lowest BCUT2D eigenvalue weighted by molar-refractivity contribution is -0.0950. The summed E-state index contributed by atoms with van der Waals surface area (Å²) in [6, 6.07) is 0. The average Bonchev–Trinajstić information content (AvgIpc) is 2.92. The van der Waals surface area contributed by atoms with Crippen LogP contribution in [0, 0.1) is 0 Å². The number of hydrogen-bond acceptors (Lipinski definition) is 7. The predicted molar refractivity (Wildman–Crippen MR) is 68.0 cm³/mol. The molecule has 0 amide bonds. The van der Waals surface area contributed by atoms with E-state index in [0.29, 0.717) is 11.2 Å². The van der Waals surface area contributed by atoms with E-state index in [1.54, 1.807) is 0 Å². The van der Waals surface area contributed by atoms with Crippen molar-refractivity contribution in [2.75, 3.05) is 6.61 Å². The number of aliphatic hydroxyl groups is 3. The zero-order valence-corrected chi connectivity index (χ0v) is 11.3. The molecular formula is C11H13ClN4O4. The Balaban J connectivity index is 2.10. The van der Waals surface area contributed by atoms with Crippen LogP contribution >= 0.6 is 11.6 Å². The van der Waals surface area contributed by atoms with Gasteiger partial charge in [-0.1, -0.05) is 11.6 Å². The van der Waals surface area contributed by atoms with Gasteiger partial charge in [0, 0.05) is 0 Å². The minimum atomic E-state index is -1.60. The molecule has 0 saturated carbocycles. The molecule has 1 saturated heterocycles. The van der Waals surface area contributed by atoms with E-state index >= 15 is 0 Å². The molecule has 1 unspecified atom stereocenters. The highest BCUT2D eigenvalue weighted by Gasteiger charge is 2.53. The number of nitrogens with zero attached hydrogens (tertiary/aromatic N) is 4. The normalized spacial score (nSPS) is 34.0. The Hall–Kier alpha value is -1.32. The van der Waals surface area contributed by atoms with Crippen LogP contribution < -0.4 is 0 Å². The van der Waals surface area contributed by atoms with Crippen molar-refractivity contribution in [3.8, 4) is 0 Å². The Kier molecular flexibility index (Phi) is 3.14. The van der Waals surface area contributed by atoms with E-state index in [0.717, 1.165) is 0 Å². The number of ether oxygens (including phenoxy) is 1. The SMILES string of the molecule is C[C@]1(O)C(n2cnc3c(Cl)ncnc32)O[C@H](CO)[C@H]1O. The lowest BCUT2D eigenvalue weighted by atomic mass is 9.96. The first-order valence-corrected chi connectivity index (χ1v) is 6.34. The monoisotopic (exact) mass is 300 g/mol. The Bertz CT molecular complexity index is 646. The molecular weight excluding hydrogens is 288 g/mol. The van der Waals surface area contributed by atoms with Crippen LogP contribution in [0.4, 0.5) is 0 Å². The van der Waals surface area contributed by atoms with Crippen LogP contribution in [0.5, 0.6) is 0 Å². The Labute approximate surface area is 118 Å². The second-order valence-electron chi connectivity index (χ2n) is 4.87. The topological polar surface area (TPSA) is 114 Å². The summed E-state index contributed by atoms with van der Waals surface area (Å²) < 4.78 is 6.96. The molecule has 1 fully saturated rings. The minimum absolute atomic E-state index is 0.186. The fourth-order valence-corrected chi connectivity index (χ4v) is 2.56. The molecule has 9 heteroatoms. The van der Waals surface area contributed by atoms with Crippen molar-refractivity contribution in [3.63, 3.8) is 0 Å². The maximum atomic E-state index is 10.4. The second-order valence-corrected chi connectivity index (χ2v) is 5.23. The van der Waals surface area contributed by atoms with E-state index in [1.165, 1.54) is 24.1 Å². The molecule has 0 radical (unpaired) electrons. The highest BCUT2D eigenvalue weighted by Crippen LogP contribution is 2.39. The van der Waals surface area contributed by atoms with Gasteiger partial charge in [0.15, 0.2) is 17.0 Å². The summed E-state index contributed by atoms with van der Waals surface area (Å²) in [6.07, 6.45) is -0.383. The van der Waals surface area contributed by atoms with Gasteiger partial charge in [0.25, 0.3) is 0 Å². The van der Waals surface area contributed by atoms with E-state index < -0.39 is 30.6 Å². The fourth-order valence-electron chi connectivity index (χ4n) is 2.39. The summed E-state index contributed by atoms with van der Waals surface area (Å²) in [7, 11) is 0. The first-order valence-electron chi connectivity index (χ1n) is 5.96. The minimum Gasteiger partial charge on any atom is -0.394 e. The predicted octanol–water partition coefficient (Wildman–Crippen LogP) is -0.519. The quantitative estimate of drug-likeness (QED) is 0.640. The maximum Gasteiger partial charge on any atom is 0.168 e. The molecule has 4 atom stereocenters. The van der Waals surface area contributed by atoms with Gasteiger partial charge in [0.05, 0.1) is 12.9 Å². The van der Waals surface area contributed by atoms with Gasteiger partial charge < -0.3 is 20.1 Å². The van der Waals surface area contributed by atoms with E-state index in [1.807, 2.05) is 0 Å². The molecule has 8 nitrogen and oxygen atoms in total. The number of aliphatic hydroxyl groups excluding tert-OH is 2. The van der Waals surface area contributed by atoms with Crippen molar-refractivity contribution in [2.45, 2.75) is 31.0 Å². The first kappa shape index (κ1) is 13.7. The molecule has 3 N–H and O–H groups in total. The molecule has 108 valence electrons. The summed E-state index contributed by atoms with van der Waals surface area (Å²) in [4.78, 5) is 11.9. The lowest BCUT2D eigenvalue weighted by Crippen LogP contribution is -2.44. The van der Waals surface area contributed by atoms with Crippen LogP contribution in [-0.2, 0) is 4.74 Å². The Morgan fingerprint density at radius 3 is 2.85 bits per heavy atom. The molecule has 0 aliphatic carbocycles. The third-order valence-corrected chi connectivity index (χ3v) is 3.78. The molecule has 1 aliphatic heterocycles. The fraction of sp³-hybridized carbons (Fsp3) is 0.545. The average molecular weight is 301 g/mol. The third-order valence-electron chi connectivity index (χ3n) is 3.50. The molecule has 3 heterocycles. The van der Waals surface area contributed by atoms with E-state index in [4.69, 9.17) is 16.3 Å². The number of fused-ring (bicyclic) bond motifs is 1. The van der Waals surface area contributed by atoms with Gasteiger partial charge in [-0.2, -0.15) is 0 Å². The van der Waals surface area contributed by atoms with Gasteiger partial charge in [0.2, 0.25) is 0 Å². The van der Waals surface area contributed by atoms with Crippen LogP contribution in [0.1, 0.15) is 13.2 Å². The van der Waals surface area contributed by atoms with Crippen molar-refractivity contribution in [1.29, 1.82) is 0 Å². The van der Waals surface area contributed by atoms with Crippen LogP contribution in [-0.4, -0.2) is 59.3 Å². The van der Waals surface area contributed by atoms with Crippen LogP contribution in [0.3, 0.4) is 0 Å². The highest BCUT2D eigenvalue weighted by molar-refractivity contribution is 6.33. The number of halogens is 1. The lowest BCUT2D eigenvalue weighted by Gasteiger charge is -2.27. The molecule has 0 spiro atoms. The van der Waals surface area contributed by atoms with Gasteiger partial charge in [0.1, 0.15) is 29.7 Å². The largest absolute Gasteiger partial charge is 0.394 e. The summed E-state index contributed by atoms with van der Waals surface area (Å²) >= 11 is 5.91. The highest BCUT2D eigenvalue weighted by atomic mass is 35.5. The van der Waals surface area contributed by atoms with Gasteiger partial charge in [-0.25, -0.2) is 15.0 Å². The summed E-state index contributed by atoms with van der Waals surface area (Å²) in [6.45, 7) is 1.02. The standard InChI is InChI=1S/C11H13ClN4O4/c1-11(19)7(18)5(2-17)20-10(11)16-4-15-6-8(12)13-3-14-9(6)16/h3-5,7,10,17-19H,2H2,1H3/t5-,7-,10?,11-/m1/s1. The molecule has 20 heavy (non-hydrogen) atoms. The molecule has 3 rings (SSSR count). The molecule has 0 bridgehead atoms. The van der Waals surface area contributed by atoms with Crippen LogP contribution in [0.25, 0.3) is 11.2 Å². The number of hydrogen-bond donors (Lipinski definition) is 3. The van der Waals surface area contributed by atoms with Gasteiger partial charge in [-0.3, -0.25) is 4.57 Å². The van der Waals surface area contributed by atoms with Crippen LogP contribution in [0.2, 0.25) is 5.15 Å². The number of rotatable bonds is 2. The van der Waals surface area contributed by atoms with E-state index in [-0.39, 0.29) is 5.15 Å². The van der Waals surface area contributed by atoms with Gasteiger partial charge in [-0.15, -0.1) is 0 Å². The number of aromatic nitrogens is 4. The second kappa shape index (κ2) is 4.61. The van der Waals surface area contributed by atoms with E-state index in [9.17, 15) is 15.3 Å².